The van der Waals surface area contributed by atoms with Crippen molar-refractivity contribution in [2.75, 3.05) is 14.2 Å². The average molecular weight is 337 g/mol. The van der Waals surface area contributed by atoms with E-state index in [-0.39, 0.29) is 11.7 Å². The number of fused-ring (bicyclic) bond motifs is 1. The molecule has 0 radical (unpaired) electrons. The monoisotopic (exact) mass is 336 g/mol. The van der Waals surface area contributed by atoms with Crippen molar-refractivity contribution < 1.29 is 14.3 Å². The van der Waals surface area contributed by atoms with E-state index in [0.717, 1.165) is 11.1 Å². The molecule has 1 aliphatic carbocycles. The van der Waals surface area contributed by atoms with Crippen LogP contribution in [0.4, 0.5) is 0 Å². The normalized spacial score (nSPS) is 16.5. The van der Waals surface area contributed by atoms with Crippen molar-refractivity contribution in [3.63, 3.8) is 0 Å². The van der Waals surface area contributed by atoms with Crippen LogP contribution >= 0.6 is 23.2 Å². The number of carbonyl (C=O) groups is 1. The second-order valence-corrected chi connectivity index (χ2v) is 5.90. The lowest BCUT2D eigenvalue weighted by atomic mass is 9.92. The summed E-state index contributed by atoms with van der Waals surface area (Å²) in [5.74, 6) is 1.20. The van der Waals surface area contributed by atoms with Crippen molar-refractivity contribution in [1.82, 2.24) is 0 Å². The Labute approximate surface area is 138 Å². The molecule has 3 rings (SSSR count). The molecule has 114 valence electrons. The Kier molecular flexibility index (Phi) is 4.02. The highest BCUT2D eigenvalue weighted by Gasteiger charge is 2.33. The molecule has 1 atom stereocenters. The number of rotatable bonds is 3. The zero-order valence-electron chi connectivity index (χ0n) is 12.2. The summed E-state index contributed by atoms with van der Waals surface area (Å²) in [6.45, 7) is 0. The predicted octanol–water partition coefficient (Wildman–Crippen LogP) is 4.73. The highest BCUT2D eigenvalue weighted by atomic mass is 35.5. The first kappa shape index (κ1) is 15.2. The van der Waals surface area contributed by atoms with Gasteiger partial charge in [0.1, 0.15) is 16.5 Å². The first-order chi connectivity index (χ1) is 10.6. The Morgan fingerprint density at radius 1 is 1.05 bits per heavy atom. The maximum absolute atomic E-state index is 12.3. The van der Waals surface area contributed by atoms with Crippen LogP contribution in [0.3, 0.4) is 0 Å². The molecule has 0 saturated heterocycles. The number of Topliss-reactive ketones (excluding diaryl/α,β-unsaturated/α-hetero) is 1. The number of methoxy groups -OCH3 is 2. The van der Waals surface area contributed by atoms with Crippen LogP contribution in [0.5, 0.6) is 11.5 Å². The van der Waals surface area contributed by atoms with Gasteiger partial charge in [-0.25, -0.2) is 0 Å². The van der Waals surface area contributed by atoms with Gasteiger partial charge in [0.05, 0.1) is 19.2 Å². The Morgan fingerprint density at radius 2 is 1.77 bits per heavy atom. The Bertz CT molecular complexity index is 756. The van der Waals surface area contributed by atoms with Crippen LogP contribution in [0, 0.1) is 0 Å². The summed E-state index contributed by atoms with van der Waals surface area (Å²) in [5, 5.41) is 0.803. The fourth-order valence-corrected chi connectivity index (χ4v) is 3.32. The van der Waals surface area contributed by atoms with E-state index in [9.17, 15) is 4.79 Å². The van der Waals surface area contributed by atoms with E-state index in [1.807, 2.05) is 18.2 Å². The third-order valence-electron chi connectivity index (χ3n) is 3.99. The first-order valence-corrected chi connectivity index (χ1v) is 7.55. The summed E-state index contributed by atoms with van der Waals surface area (Å²) in [5.41, 5.74) is 2.52. The van der Waals surface area contributed by atoms with Crippen LogP contribution < -0.4 is 9.47 Å². The summed E-state index contributed by atoms with van der Waals surface area (Å²) in [7, 11) is 3.13. The van der Waals surface area contributed by atoms with Crippen LogP contribution in [-0.4, -0.2) is 20.0 Å². The molecule has 0 amide bonds. The minimum Gasteiger partial charge on any atom is -0.497 e. The number of ether oxygens (including phenoxy) is 2. The maximum atomic E-state index is 12.3. The molecule has 0 aromatic heterocycles. The fraction of sp³-hybridized carbons (Fsp3) is 0.235. The van der Waals surface area contributed by atoms with Gasteiger partial charge in [0.25, 0.3) is 0 Å². The largest absolute Gasteiger partial charge is 0.497 e. The summed E-state index contributed by atoms with van der Waals surface area (Å²) >= 11 is 12.3. The van der Waals surface area contributed by atoms with Crippen LogP contribution in [0.15, 0.2) is 30.3 Å². The zero-order valence-corrected chi connectivity index (χ0v) is 13.7. The summed E-state index contributed by atoms with van der Waals surface area (Å²) < 4.78 is 10.6. The molecule has 22 heavy (non-hydrogen) atoms. The molecule has 0 spiro atoms. The van der Waals surface area contributed by atoms with E-state index in [1.165, 1.54) is 0 Å². The molecule has 3 nitrogen and oxygen atoms in total. The van der Waals surface area contributed by atoms with Gasteiger partial charge < -0.3 is 9.47 Å². The van der Waals surface area contributed by atoms with Gasteiger partial charge in [-0.2, -0.15) is 0 Å². The molecule has 1 aliphatic rings. The van der Waals surface area contributed by atoms with Crippen molar-refractivity contribution >= 4 is 29.0 Å². The maximum Gasteiger partial charge on any atom is 0.164 e. The van der Waals surface area contributed by atoms with Gasteiger partial charge in [-0.1, -0.05) is 35.3 Å². The molecule has 0 saturated carbocycles. The lowest BCUT2D eigenvalue weighted by Gasteiger charge is -2.17. The van der Waals surface area contributed by atoms with Crippen molar-refractivity contribution in [1.29, 1.82) is 0 Å². The van der Waals surface area contributed by atoms with Gasteiger partial charge >= 0.3 is 0 Å². The minimum absolute atomic E-state index is 0.0851. The molecule has 0 heterocycles. The van der Waals surface area contributed by atoms with Crippen LogP contribution in [0.25, 0.3) is 0 Å². The molecule has 2 aromatic carbocycles. The van der Waals surface area contributed by atoms with Gasteiger partial charge in [-0.05, 0) is 23.8 Å². The molecule has 0 N–H and O–H groups in total. The summed E-state index contributed by atoms with van der Waals surface area (Å²) in [6.07, 6.45) is 0.386. The number of benzene rings is 2. The quantitative estimate of drug-likeness (QED) is 0.812. The van der Waals surface area contributed by atoms with E-state index in [0.29, 0.717) is 33.5 Å². The van der Waals surface area contributed by atoms with Gasteiger partial charge in [0.15, 0.2) is 5.78 Å². The average Bonchev–Trinajstić information content (AvgIpc) is 2.86. The van der Waals surface area contributed by atoms with E-state index < -0.39 is 0 Å². The van der Waals surface area contributed by atoms with Crippen LogP contribution in [0.2, 0.25) is 10.0 Å². The lowest BCUT2D eigenvalue weighted by Crippen LogP contribution is -2.01. The predicted molar refractivity (Wildman–Crippen MR) is 86.8 cm³/mol. The number of carbonyl (C=O) groups excluding carboxylic acids is 1. The van der Waals surface area contributed by atoms with Crippen molar-refractivity contribution in [2.24, 2.45) is 0 Å². The third-order valence-corrected chi connectivity index (χ3v) is 4.77. The SMILES string of the molecule is COc1ccc2c(c1)C(=O)CC2c1ccc(Cl)c(Cl)c1OC. The molecule has 2 aromatic rings. The minimum atomic E-state index is -0.0851. The van der Waals surface area contributed by atoms with E-state index in [2.05, 4.69) is 0 Å². The Balaban J connectivity index is 2.13. The molecular weight excluding hydrogens is 323 g/mol. The lowest BCUT2D eigenvalue weighted by molar-refractivity contribution is 0.0991. The zero-order chi connectivity index (χ0) is 15.9. The number of hydrogen-bond donors (Lipinski definition) is 0. The Morgan fingerprint density at radius 3 is 2.45 bits per heavy atom. The van der Waals surface area contributed by atoms with Gasteiger partial charge in [-0.15, -0.1) is 0 Å². The van der Waals surface area contributed by atoms with E-state index >= 15 is 0 Å². The molecule has 5 heteroatoms. The number of halogens is 2. The topological polar surface area (TPSA) is 35.5 Å². The van der Waals surface area contributed by atoms with Crippen molar-refractivity contribution in [2.45, 2.75) is 12.3 Å². The smallest absolute Gasteiger partial charge is 0.164 e. The second-order valence-electron chi connectivity index (χ2n) is 5.12. The fourth-order valence-electron chi connectivity index (χ4n) is 2.92. The highest BCUT2D eigenvalue weighted by molar-refractivity contribution is 6.43. The van der Waals surface area contributed by atoms with E-state index in [1.54, 1.807) is 26.4 Å². The highest BCUT2D eigenvalue weighted by Crippen LogP contribution is 2.46. The molecule has 1 unspecified atom stereocenters. The number of hydrogen-bond acceptors (Lipinski definition) is 3. The molecule has 0 bridgehead atoms. The Hall–Kier alpha value is -1.71. The van der Waals surface area contributed by atoms with Crippen LogP contribution in [-0.2, 0) is 0 Å². The standard InChI is InChI=1S/C17H14Cl2O3/c1-21-9-3-4-10-12(8-15(20)13(10)7-9)11-5-6-14(18)16(19)17(11)22-2/h3-7,12H,8H2,1-2H3. The molecule has 0 aliphatic heterocycles. The second kappa shape index (κ2) is 5.82. The van der Waals surface area contributed by atoms with Gasteiger partial charge in [0, 0.05) is 23.5 Å². The summed E-state index contributed by atoms with van der Waals surface area (Å²) in [6, 6.07) is 9.15. The first-order valence-electron chi connectivity index (χ1n) is 6.79. The van der Waals surface area contributed by atoms with Crippen molar-refractivity contribution in [3.05, 3.63) is 57.1 Å². The molecule has 0 fully saturated rings. The van der Waals surface area contributed by atoms with Crippen LogP contribution in [0.1, 0.15) is 33.8 Å². The summed E-state index contributed by atoms with van der Waals surface area (Å²) in [4.78, 5) is 12.3. The van der Waals surface area contributed by atoms with E-state index in [4.69, 9.17) is 32.7 Å². The third kappa shape index (κ3) is 2.34. The number of ketones is 1. The van der Waals surface area contributed by atoms with Crippen molar-refractivity contribution in [3.8, 4) is 11.5 Å². The van der Waals surface area contributed by atoms with Gasteiger partial charge in [-0.3, -0.25) is 4.79 Å². The molecular formula is C17H14Cl2O3. The van der Waals surface area contributed by atoms with Gasteiger partial charge in [0.2, 0.25) is 0 Å².